The second-order valence-electron chi connectivity index (χ2n) is 5.10. The fourth-order valence-corrected chi connectivity index (χ4v) is 2.60. The van der Waals surface area contributed by atoms with Crippen molar-refractivity contribution in [1.82, 2.24) is 4.90 Å². The number of hydrogen-bond acceptors (Lipinski definition) is 5. The lowest BCUT2D eigenvalue weighted by molar-refractivity contribution is 0.0738. The van der Waals surface area contributed by atoms with Gasteiger partial charge in [-0.1, -0.05) is 0 Å². The summed E-state index contributed by atoms with van der Waals surface area (Å²) in [5, 5.41) is 0. The van der Waals surface area contributed by atoms with Crippen molar-refractivity contribution in [2.24, 2.45) is 5.73 Å². The molecule has 21 heavy (non-hydrogen) atoms. The highest BCUT2D eigenvalue weighted by molar-refractivity contribution is 5.98. The van der Waals surface area contributed by atoms with Gasteiger partial charge in [0.1, 0.15) is 5.75 Å². The normalized spacial score (nSPS) is 21.3. The quantitative estimate of drug-likeness (QED) is 0.905. The third kappa shape index (κ3) is 2.76. The second kappa shape index (κ2) is 6.22. The predicted octanol–water partition coefficient (Wildman–Crippen LogP) is 1.27. The van der Waals surface area contributed by atoms with Crippen molar-refractivity contribution in [3.63, 3.8) is 0 Å². The molecule has 1 aromatic carbocycles. The van der Waals surface area contributed by atoms with Crippen molar-refractivity contribution in [2.75, 3.05) is 27.9 Å². The number of hydrogen-bond donors (Lipinski definition) is 1. The average molecular weight is 294 g/mol. The lowest BCUT2D eigenvalue weighted by Crippen LogP contribution is -2.40. The Balaban J connectivity index is 2.40. The first-order chi connectivity index (χ1) is 10.0. The van der Waals surface area contributed by atoms with Crippen LogP contribution < -0.4 is 19.9 Å². The number of carbonyl (C=O) groups excluding carboxylic acids is 1. The van der Waals surface area contributed by atoms with E-state index in [4.69, 9.17) is 19.9 Å². The molecule has 0 aliphatic carbocycles. The first-order valence-electron chi connectivity index (χ1n) is 6.90. The van der Waals surface area contributed by atoms with Crippen LogP contribution in [0.4, 0.5) is 0 Å². The number of carbonyl (C=O) groups is 1. The predicted molar refractivity (Wildman–Crippen MR) is 79.2 cm³/mol. The summed E-state index contributed by atoms with van der Waals surface area (Å²) in [6.07, 6.45) is 0.808. The van der Waals surface area contributed by atoms with Gasteiger partial charge in [0, 0.05) is 30.8 Å². The third-order valence-electron chi connectivity index (χ3n) is 4.01. The molecule has 0 aromatic heterocycles. The smallest absolute Gasteiger partial charge is 0.258 e. The minimum absolute atomic E-state index is 0.00954. The van der Waals surface area contributed by atoms with E-state index in [2.05, 4.69) is 0 Å². The Bertz CT molecular complexity index is 533. The Morgan fingerprint density at radius 2 is 1.71 bits per heavy atom. The Kier molecular flexibility index (Phi) is 4.57. The lowest BCUT2D eigenvalue weighted by atomic mass is 10.1. The fourth-order valence-electron chi connectivity index (χ4n) is 2.60. The Morgan fingerprint density at radius 3 is 2.19 bits per heavy atom. The standard InChI is InChI=1S/C15H22N2O4/c1-9-11(16)5-6-17(9)15(18)10-7-13(20-3)14(21-4)8-12(10)19-2/h7-9,11H,5-6,16H2,1-4H3. The van der Waals surface area contributed by atoms with E-state index < -0.39 is 0 Å². The van der Waals surface area contributed by atoms with Crippen molar-refractivity contribution in [3.05, 3.63) is 17.7 Å². The second-order valence-corrected chi connectivity index (χ2v) is 5.10. The van der Waals surface area contributed by atoms with Crippen LogP contribution >= 0.6 is 0 Å². The summed E-state index contributed by atoms with van der Waals surface area (Å²) in [6.45, 7) is 2.61. The molecule has 2 atom stereocenters. The first-order valence-corrected chi connectivity index (χ1v) is 6.90. The van der Waals surface area contributed by atoms with Crippen molar-refractivity contribution < 1.29 is 19.0 Å². The van der Waals surface area contributed by atoms with Crippen molar-refractivity contribution in [3.8, 4) is 17.2 Å². The molecule has 2 unspecified atom stereocenters. The summed E-state index contributed by atoms with van der Waals surface area (Å²) in [5.41, 5.74) is 6.44. The molecule has 1 amide bonds. The van der Waals surface area contributed by atoms with Gasteiger partial charge in [0.2, 0.25) is 0 Å². The maximum atomic E-state index is 12.7. The van der Waals surface area contributed by atoms with Gasteiger partial charge in [-0.25, -0.2) is 0 Å². The molecule has 0 bridgehead atoms. The van der Waals surface area contributed by atoms with Crippen LogP contribution in [0, 0.1) is 0 Å². The van der Waals surface area contributed by atoms with Crippen LogP contribution in [0.5, 0.6) is 17.2 Å². The highest BCUT2D eigenvalue weighted by Gasteiger charge is 2.33. The summed E-state index contributed by atoms with van der Waals surface area (Å²) < 4.78 is 15.8. The van der Waals surface area contributed by atoms with Gasteiger partial charge in [-0.3, -0.25) is 4.79 Å². The molecule has 2 rings (SSSR count). The van der Waals surface area contributed by atoms with Crippen LogP contribution in [-0.4, -0.2) is 50.8 Å². The SMILES string of the molecule is COc1cc(OC)c(C(=O)N2CCC(N)C2C)cc1OC. The summed E-state index contributed by atoms with van der Waals surface area (Å²) >= 11 is 0. The van der Waals surface area contributed by atoms with Crippen LogP contribution in [-0.2, 0) is 0 Å². The summed E-state index contributed by atoms with van der Waals surface area (Å²) in [5.74, 6) is 1.38. The van der Waals surface area contributed by atoms with E-state index in [9.17, 15) is 4.79 Å². The molecular formula is C15H22N2O4. The zero-order chi connectivity index (χ0) is 15.6. The summed E-state index contributed by atoms with van der Waals surface area (Å²) in [7, 11) is 4.60. The molecule has 1 saturated heterocycles. The van der Waals surface area contributed by atoms with Crippen LogP contribution in [0.1, 0.15) is 23.7 Å². The van der Waals surface area contributed by atoms with Crippen molar-refractivity contribution in [1.29, 1.82) is 0 Å². The van der Waals surface area contributed by atoms with Gasteiger partial charge in [-0.15, -0.1) is 0 Å². The molecule has 1 aromatic rings. The largest absolute Gasteiger partial charge is 0.496 e. The van der Waals surface area contributed by atoms with E-state index in [1.807, 2.05) is 6.92 Å². The molecule has 1 aliphatic rings. The number of ether oxygens (including phenoxy) is 3. The minimum Gasteiger partial charge on any atom is -0.496 e. The fraction of sp³-hybridized carbons (Fsp3) is 0.533. The van der Waals surface area contributed by atoms with Gasteiger partial charge in [0.25, 0.3) is 5.91 Å². The van der Waals surface area contributed by atoms with Gasteiger partial charge in [0.05, 0.1) is 26.9 Å². The molecule has 6 nitrogen and oxygen atoms in total. The van der Waals surface area contributed by atoms with Crippen molar-refractivity contribution >= 4 is 5.91 Å². The number of nitrogens with two attached hydrogens (primary N) is 1. The van der Waals surface area contributed by atoms with Crippen LogP contribution in [0.25, 0.3) is 0 Å². The number of nitrogens with zero attached hydrogens (tertiary/aromatic N) is 1. The highest BCUT2D eigenvalue weighted by Crippen LogP contribution is 2.36. The molecule has 0 radical (unpaired) electrons. The number of amides is 1. The Hall–Kier alpha value is -1.95. The molecule has 6 heteroatoms. The van der Waals surface area contributed by atoms with Gasteiger partial charge >= 0.3 is 0 Å². The third-order valence-corrected chi connectivity index (χ3v) is 4.01. The van der Waals surface area contributed by atoms with Gasteiger partial charge in [-0.2, -0.15) is 0 Å². The van der Waals surface area contributed by atoms with E-state index in [0.717, 1.165) is 6.42 Å². The van der Waals surface area contributed by atoms with Gasteiger partial charge in [-0.05, 0) is 13.3 Å². The summed E-state index contributed by atoms with van der Waals surface area (Å²) in [6, 6.07) is 3.33. The zero-order valence-electron chi connectivity index (χ0n) is 12.9. The van der Waals surface area contributed by atoms with Crippen LogP contribution in [0.3, 0.4) is 0 Å². The van der Waals surface area contributed by atoms with E-state index in [0.29, 0.717) is 29.4 Å². The summed E-state index contributed by atoms with van der Waals surface area (Å²) in [4.78, 5) is 14.5. The molecule has 0 spiro atoms. The zero-order valence-corrected chi connectivity index (χ0v) is 12.9. The maximum absolute atomic E-state index is 12.7. The van der Waals surface area contributed by atoms with E-state index in [1.165, 1.54) is 14.2 Å². The molecule has 2 N–H and O–H groups in total. The maximum Gasteiger partial charge on any atom is 0.258 e. The number of methoxy groups -OCH3 is 3. The minimum atomic E-state index is -0.103. The Labute approximate surface area is 124 Å². The van der Waals surface area contributed by atoms with E-state index in [-0.39, 0.29) is 18.0 Å². The average Bonchev–Trinajstić information content (AvgIpc) is 2.84. The molecule has 0 saturated carbocycles. The van der Waals surface area contributed by atoms with Gasteiger partial charge < -0.3 is 24.8 Å². The molecule has 1 fully saturated rings. The number of rotatable bonds is 4. The number of benzene rings is 1. The lowest BCUT2D eigenvalue weighted by Gasteiger charge is -2.24. The van der Waals surface area contributed by atoms with E-state index in [1.54, 1.807) is 24.1 Å². The molecule has 1 heterocycles. The molecular weight excluding hydrogens is 272 g/mol. The monoisotopic (exact) mass is 294 g/mol. The first kappa shape index (κ1) is 15.4. The van der Waals surface area contributed by atoms with E-state index >= 15 is 0 Å². The van der Waals surface area contributed by atoms with Crippen LogP contribution in [0.2, 0.25) is 0 Å². The van der Waals surface area contributed by atoms with Crippen molar-refractivity contribution in [2.45, 2.75) is 25.4 Å². The molecule has 116 valence electrons. The van der Waals surface area contributed by atoms with Crippen LogP contribution in [0.15, 0.2) is 12.1 Å². The van der Waals surface area contributed by atoms with Gasteiger partial charge in [0.15, 0.2) is 11.5 Å². The topological polar surface area (TPSA) is 74.0 Å². The number of likely N-dealkylation sites (tertiary alicyclic amines) is 1. The highest BCUT2D eigenvalue weighted by atomic mass is 16.5. The Morgan fingerprint density at radius 1 is 1.14 bits per heavy atom. The molecule has 1 aliphatic heterocycles.